The molecule has 1 aromatic carbocycles. The highest BCUT2D eigenvalue weighted by atomic mass is 79.9. The van der Waals surface area contributed by atoms with E-state index >= 15 is 0 Å². The Morgan fingerprint density at radius 1 is 1.44 bits per heavy atom. The van der Waals surface area contributed by atoms with E-state index in [1.807, 2.05) is 13.8 Å². The van der Waals surface area contributed by atoms with Crippen molar-refractivity contribution in [3.8, 4) is 0 Å². The molecule has 0 radical (unpaired) electrons. The topological polar surface area (TPSA) is 29.5 Å². The van der Waals surface area contributed by atoms with Crippen LogP contribution in [0.2, 0.25) is 0 Å². The van der Waals surface area contributed by atoms with E-state index in [0.717, 1.165) is 10.0 Å². The van der Waals surface area contributed by atoms with E-state index in [1.54, 1.807) is 6.07 Å². The molecule has 1 aromatic rings. The third-order valence-electron chi connectivity index (χ3n) is 2.09. The third kappa shape index (κ3) is 4.60. The first-order valence-electron chi connectivity index (χ1n) is 5.22. The summed E-state index contributed by atoms with van der Waals surface area (Å²) in [6, 6.07) is 4.44. The highest BCUT2D eigenvalue weighted by Crippen LogP contribution is 2.19. The van der Waals surface area contributed by atoms with Gasteiger partial charge in [-0.1, -0.05) is 15.9 Å². The predicted octanol–water partition coefficient (Wildman–Crippen LogP) is 2.92. The second-order valence-electron chi connectivity index (χ2n) is 3.98. The lowest BCUT2D eigenvalue weighted by molar-refractivity contribution is 0.00613. The van der Waals surface area contributed by atoms with Gasteiger partial charge in [-0.15, -0.1) is 0 Å². The zero-order valence-electron chi connectivity index (χ0n) is 9.41. The van der Waals surface area contributed by atoms with Crippen LogP contribution < -0.4 is 0 Å². The van der Waals surface area contributed by atoms with Crippen LogP contribution in [0.15, 0.2) is 22.7 Å². The van der Waals surface area contributed by atoms with E-state index < -0.39 is 6.10 Å². The van der Waals surface area contributed by atoms with Crippen molar-refractivity contribution >= 4 is 15.9 Å². The van der Waals surface area contributed by atoms with Gasteiger partial charge in [0, 0.05) is 10.9 Å². The maximum Gasteiger partial charge on any atom is 0.123 e. The minimum Gasteiger partial charge on any atom is -0.390 e. The van der Waals surface area contributed by atoms with Crippen LogP contribution in [0.25, 0.3) is 0 Å². The smallest absolute Gasteiger partial charge is 0.123 e. The van der Waals surface area contributed by atoms with Crippen LogP contribution in [-0.2, 0) is 11.2 Å². The first kappa shape index (κ1) is 13.6. The molecule has 0 saturated carbocycles. The zero-order chi connectivity index (χ0) is 12.1. The van der Waals surface area contributed by atoms with Gasteiger partial charge in [0.05, 0.1) is 18.8 Å². The van der Waals surface area contributed by atoms with Crippen molar-refractivity contribution in [1.29, 1.82) is 0 Å². The van der Waals surface area contributed by atoms with Gasteiger partial charge in [-0.3, -0.25) is 0 Å². The van der Waals surface area contributed by atoms with Crippen LogP contribution >= 0.6 is 15.9 Å². The van der Waals surface area contributed by atoms with Gasteiger partial charge in [-0.05, 0) is 37.6 Å². The van der Waals surface area contributed by atoms with Crippen molar-refractivity contribution in [3.05, 3.63) is 34.1 Å². The molecule has 0 saturated heterocycles. The fraction of sp³-hybridized carbons (Fsp3) is 0.500. The van der Waals surface area contributed by atoms with E-state index in [2.05, 4.69) is 15.9 Å². The molecule has 1 unspecified atom stereocenters. The molecular weight excluding hydrogens is 275 g/mol. The van der Waals surface area contributed by atoms with E-state index in [4.69, 9.17) is 4.74 Å². The number of halogens is 2. The van der Waals surface area contributed by atoms with E-state index in [1.165, 1.54) is 12.1 Å². The molecule has 1 atom stereocenters. The Hall–Kier alpha value is -0.450. The fourth-order valence-electron chi connectivity index (χ4n) is 1.32. The Balaban J connectivity index is 2.55. The molecule has 0 aromatic heterocycles. The van der Waals surface area contributed by atoms with Gasteiger partial charge in [0.1, 0.15) is 5.82 Å². The molecule has 4 heteroatoms. The molecule has 0 fully saturated rings. The zero-order valence-corrected chi connectivity index (χ0v) is 11.0. The Morgan fingerprint density at radius 2 is 2.12 bits per heavy atom. The maximum absolute atomic E-state index is 13.0. The molecule has 16 heavy (non-hydrogen) atoms. The Kier molecular flexibility index (Phi) is 5.38. The summed E-state index contributed by atoms with van der Waals surface area (Å²) in [6.07, 6.45) is -0.142. The number of rotatable bonds is 5. The molecule has 0 aliphatic heterocycles. The van der Waals surface area contributed by atoms with Crippen molar-refractivity contribution in [1.82, 2.24) is 0 Å². The Bertz CT molecular complexity index is 342. The molecule has 2 nitrogen and oxygen atoms in total. The van der Waals surface area contributed by atoms with E-state index in [0.29, 0.717) is 6.42 Å². The number of hydrogen-bond donors (Lipinski definition) is 1. The summed E-state index contributed by atoms with van der Waals surface area (Å²) in [5.41, 5.74) is 0.750. The second kappa shape index (κ2) is 6.33. The summed E-state index contributed by atoms with van der Waals surface area (Å²) in [5.74, 6) is -0.296. The summed E-state index contributed by atoms with van der Waals surface area (Å²) in [7, 11) is 0. The van der Waals surface area contributed by atoms with Crippen molar-refractivity contribution in [2.75, 3.05) is 6.61 Å². The lowest BCUT2D eigenvalue weighted by atomic mass is 10.1. The summed E-state index contributed by atoms with van der Waals surface area (Å²) in [5, 5.41) is 9.70. The highest BCUT2D eigenvalue weighted by molar-refractivity contribution is 9.10. The highest BCUT2D eigenvalue weighted by Gasteiger charge is 2.10. The van der Waals surface area contributed by atoms with Gasteiger partial charge in [-0.25, -0.2) is 4.39 Å². The number of hydrogen-bond acceptors (Lipinski definition) is 2. The predicted molar refractivity (Wildman–Crippen MR) is 64.9 cm³/mol. The fourth-order valence-corrected chi connectivity index (χ4v) is 1.72. The van der Waals surface area contributed by atoms with Crippen molar-refractivity contribution in [2.45, 2.75) is 32.5 Å². The average Bonchev–Trinajstić information content (AvgIpc) is 2.20. The first-order valence-corrected chi connectivity index (χ1v) is 6.02. The van der Waals surface area contributed by atoms with Gasteiger partial charge in [0.15, 0.2) is 0 Å². The lowest BCUT2D eigenvalue weighted by Crippen LogP contribution is -2.21. The van der Waals surface area contributed by atoms with Gasteiger partial charge in [0.2, 0.25) is 0 Å². The quantitative estimate of drug-likeness (QED) is 0.904. The van der Waals surface area contributed by atoms with Crippen LogP contribution in [0.5, 0.6) is 0 Å². The van der Waals surface area contributed by atoms with Gasteiger partial charge in [-0.2, -0.15) is 0 Å². The van der Waals surface area contributed by atoms with Gasteiger partial charge < -0.3 is 9.84 Å². The summed E-state index contributed by atoms with van der Waals surface area (Å²) in [4.78, 5) is 0. The van der Waals surface area contributed by atoms with Crippen molar-refractivity contribution in [3.63, 3.8) is 0 Å². The number of benzene rings is 1. The normalized spacial score (nSPS) is 13.1. The molecule has 0 spiro atoms. The number of aliphatic hydroxyl groups is 1. The Labute approximate surface area is 104 Å². The van der Waals surface area contributed by atoms with Crippen LogP contribution in [0.4, 0.5) is 4.39 Å². The van der Waals surface area contributed by atoms with Gasteiger partial charge in [0.25, 0.3) is 0 Å². The van der Waals surface area contributed by atoms with Crippen LogP contribution in [-0.4, -0.2) is 23.9 Å². The molecule has 0 aliphatic rings. The molecule has 0 bridgehead atoms. The van der Waals surface area contributed by atoms with Crippen molar-refractivity contribution in [2.24, 2.45) is 0 Å². The van der Waals surface area contributed by atoms with Gasteiger partial charge >= 0.3 is 0 Å². The maximum atomic E-state index is 13.0. The summed E-state index contributed by atoms with van der Waals surface area (Å²) in [6.45, 7) is 4.08. The molecule has 0 amide bonds. The second-order valence-corrected chi connectivity index (χ2v) is 4.83. The van der Waals surface area contributed by atoms with E-state index in [-0.39, 0.29) is 18.5 Å². The minimum absolute atomic E-state index is 0.0885. The third-order valence-corrected chi connectivity index (χ3v) is 2.86. The summed E-state index contributed by atoms with van der Waals surface area (Å²) < 4.78 is 19.1. The number of ether oxygens (including phenoxy) is 1. The van der Waals surface area contributed by atoms with Crippen LogP contribution in [0.3, 0.4) is 0 Å². The van der Waals surface area contributed by atoms with Crippen LogP contribution in [0, 0.1) is 5.82 Å². The molecule has 0 aliphatic carbocycles. The standard InChI is InChI=1S/C12H16BrFO2/c1-8(2)16-7-11(15)6-9-5-10(14)3-4-12(9)13/h3-5,8,11,15H,6-7H2,1-2H3. The minimum atomic E-state index is -0.611. The monoisotopic (exact) mass is 290 g/mol. The SMILES string of the molecule is CC(C)OCC(O)Cc1cc(F)ccc1Br. The molecule has 0 heterocycles. The molecule has 90 valence electrons. The largest absolute Gasteiger partial charge is 0.390 e. The molecule has 1 rings (SSSR count). The van der Waals surface area contributed by atoms with Crippen molar-refractivity contribution < 1.29 is 14.2 Å². The molecule has 1 N–H and O–H groups in total. The van der Waals surface area contributed by atoms with Crippen LogP contribution in [0.1, 0.15) is 19.4 Å². The average molecular weight is 291 g/mol. The Morgan fingerprint density at radius 3 is 2.75 bits per heavy atom. The first-order chi connectivity index (χ1) is 7.49. The number of aliphatic hydroxyl groups excluding tert-OH is 1. The lowest BCUT2D eigenvalue weighted by Gasteiger charge is -2.14. The summed E-state index contributed by atoms with van der Waals surface area (Å²) >= 11 is 3.32. The van der Waals surface area contributed by atoms with E-state index in [9.17, 15) is 9.50 Å². The molecular formula is C12H16BrFO2.